The summed E-state index contributed by atoms with van der Waals surface area (Å²) in [5.41, 5.74) is 1.25. The van der Waals surface area contributed by atoms with Crippen molar-refractivity contribution in [2.45, 2.75) is 45.4 Å². The van der Waals surface area contributed by atoms with Crippen molar-refractivity contribution in [2.24, 2.45) is 0 Å². The molecule has 0 fully saturated rings. The van der Waals surface area contributed by atoms with Gasteiger partial charge >= 0.3 is 0 Å². The summed E-state index contributed by atoms with van der Waals surface area (Å²) >= 11 is 0. The zero-order chi connectivity index (χ0) is 11.5. The van der Waals surface area contributed by atoms with Crippen LogP contribution in [0.2, 0.25) is 0 Å². The molecular weight excluding hydrogens is 184 g/mol. The largest absolute Gasteiger partial charge is 0.300 e. The number of carbonyl (C=O) groups excluding carboxylic acids is 1. The molecule has 0 rings (SSSR count). The summed E-state index contributed by atoms with van der Waals surface area (Å²) in [7, 11) is 0. The molecule has 0 atom stereocenters. The fourth-order valence-corrected chi connectivity index (χ4v) is 1.46. The number of allylic oxidation sites excluding steroid dienone is 4. The smallest absolute Gasteiger partial charge is 0.129 e. The zero-order valence-electron chi connectivity index (χ0n) is 9.80. The van der Waals surface area contributed by atoms with Crippen LogP contribution in [0.5, 0.6) is 0 Å². The Morgan fingerprint density at radius 3 is 2.13 bits per heavy atom. The third-order valence-corrected chi connectivity index (χ3v) is 2.34. The predicted octanol–water partition coefficient (Wildman–Crippen LogP) is 4.21. The summed E-state index contributed by atoms with van der Waals surface area (Å²) in [5.74, 6) is 0.299. The molecular formula is C14H22O. The Morgan fingerprint density at radius 1 is 1.07 bits per heavy atom. The Kier molecular flexibility index (Phi) is 8.75. The highest BCUT2D eigenvalue weighted by Crippen LogP contribution is 2.11. The van der Waals surface area contributed by atoms with Crippen LogP contribution < -0.4 is 0 Å². The van der Waals surface area contributed by atoms with Crippen molar-refractivity contribution in [3.63, 3.8) is 0 Å². The summed E-state index contributed by atoms with van der Waals surface area (Å²) in [4.78, 5) is 10.7. The Labute approximate surface area is 93.6 Å². The second-order valence-electron chi connectivity index (χ2n) is 3.80. The minimum absolute atomic E-state index is 0.299. The molecule has 0 aliphatic heterocycles. The average Bonchev–Trinajstić information content (AvgIpc) is 2.21. The second kappa shape index (κ2) is 9.45. The van der Waals surface area contributed by atoms with Crippen molar-refractivity contribution in [2.75, 3.05) is 0 Å². The van der Waals surface area contributed by atoms with Crippen molar-refractivity contribution in [1.82, 2.24) is 0 Å². The van der Waals surface area contributed by atoms with Crippen LogP contribution in [0.15, 0.2) is 37.0 Å². The van der Waals surface area contributed by atoms with E-state index in [1.54, 1.807) is 13.0 Å². The van der Waals surface area contributed by atoms with Gasteiger partial charge < -0.3 is 4.79 Å². The SMILES string of the molecule is C=C/C=C(\C=C)CCCCCCC(C)=O. The lowest BCUT2D eigenvalue weighted by molar-refractivity contribution is -0.117. The van der Waals surface area contributed by atoms with Crippen LogP contribution in [-0.2, 0) is 4.79 Å². The van der Waals surface area contributed by atoms with Crippen LogP contribution in [-0.4, -0.2) is 5.78 Å². The molecule has 0 bridgehead atoms. The number of hydrogen-bond acceptors (Lipinski definition) is 1. The van der Waals surface area contributed by atoms with Crippen LogP contribution in [0, 0.1) is 0 Å². The van der Waals surface area contributed by atoms with Gasteiger partial charge in [0.15, 0.2) is 0 Å². The third kappa shape index (κ3) is 9.20. The number of hydrogen-bond donors (Lipinski definition) is 0. The molecule has 0 aliphatic carbocycles. The summed E-state index contributed by atoms with van der Waals surface area (Å²) in [6.07, 6.45) is 12.0. The number of rotatable bonds is 9. The van der Waals surface area contributed by atoms with E-state index in [2.05, 4.69) is 13.2 Å². The summed E-state index contributed by atoms with van der Waals surface area (Å²) in [5, 5.41) is 0. The lowest BCUT2D eigenvalue weighted by atomic mass is 10.0. The number of carbonyl (C=O) groups is 1. The van der Waals surface area contributed by atoms with Crippen LogP contribution >= 0.6 is 0 Å². The van der Waals surface area contributed by atoms with Gasteiger partial charge in [0.25, 0.3) is 0 Å². The Bertz CT molecular complexity index is 236. The first-order valence-electron chi connectivity index (χ1n) is 5.64. The highest BCUT2D eigenvalue weighted by molar-refractivity contribution is 5.75. The Balaban J connectivity index is 3.45. The predicted molar refractivity (Wildman–Crippen MR) is 66.9 cm³/mol. The van der Waals surface area contributed by atoms with E-state index in [1.807, 2.05) is 12.2 Å². The van der Waals surface area contributed by atoms with Crippen LogP contribution in [0.4, 0.5) is 0 Å². The van der Waals surface area contributed by atoms with Gasteiger partial charge in [-0.1, -0.05) is 44.2 Å². The van der Waals surface area contributed by atoms with Gasteiger partial charge in [0.1, 0.15) is 5.78 Å². The van der Waals surface area contributed by atoms with Crippen LogP contribution in [0.1, 0.15) is 45.4 Å². The highest BCUT2D eigenvalue weighted by atomic mass is 16.1. The van der Waals surface area contributed by atoms with Crippen molar-refractivity contribution in [3.05, 3.63) is 37.0 Å². The van der Waals surface area contributed by atoms with E-state index in [0.717, 1.165) is 25.7 Å². The molecule has 0 aliphatic rings. The minimum atomic E-state index is 0.299. The van der Waals surface area contributed by atoms with Gasteiger partial charge in [0, 0.05) is 6.42 Å². The van der Waals surface area contributed by atoms with E-state index < -0.39 is 0 Å². The first-order chi connectivity index (χ1) is 7.20. The van der Waals surface area contributed by atoms with Crippen molar-refractivity contribution < 1.29 is 4.79 Å². The van der Waals surface area contributed by atoms with Gasteiger partial charge in [-0.3, -0.25) is 0 Å². The second-order valence-corrected chi connectivity index (χ2v) is 3.80. The molecule has 0 unspecified atom stereocenters. The first kappa shape index (κ1) is 13.9. The normalized spacial score (nSPS) is 11.1. The fraction of sp³-hybridized carbons (Fsp3) is 0.500. The molecule has 0 N–H and O–H groups in total. The third-order valence-electron chi connectivity index (χ3n) is 2.34. The molecule has 0 saturated heterocycles. The molecule has 0 aromatic carbocycles. The maximum absolute atomic E-state index is 10.7. The molecule has 84 valence electrons. The molecule has 0 aromatic heterocycles. The van der Waals surface area contributed by atoms with Crippen LogP contribution in [0.25, 0.3) is 0 Å². The summed E-state index contributed by atoms with van der Waals surface area (Å²) in [6.45, 7) is 9.08. The standard InChI is InChI=1S/C14H22O/c1-4-10-14(5-2)12-9-7-6-8-11-13(3)15/h4-5,10H,1-2,6-9,11-12H2,3H3/b14-10+. The van der Waals surface area contributed by atoms with Gasteiger partial charge in [-0.15, -0.1) is 0 Å². The monoisotopic (exact) mass is 206 g/mol. The minimum Gasteiger partial charge on any atom is -0.300 e. The van der Waals surface area contributed by atoms with Crippen LogP contribution in [0.3, 0.4) is 0 Å². The van der Waals surface area contributed by atoms with E-state index >= 15 is 0 Å². The van der Waals surface area contributed by atoms with Gasteiger partial charge in [-0.2, -0.15) is 0 Å². The Hall–Kier alpha value is -1.11. The molecule has 0 amide bonds. The summed E-state index contributed by atoms with van der Waals surface area (Å²) < 4.78 is 0. The summed E-state index contributed by atoms with van der Waals surface area (Å²) in [6, 6.07) is 0. The quantitative estimate of drug-likeness (QED) is 0.408. The zero-order valence-corrected chi connectivity index (χ0v) is 9.80. The van der Waals surface area contributed by atoms with E-state index in [1.165, 1.54) is 18.4 Å². The molecule has 0 spiro atoms. The van der Waals surface area contributed by atoms with E-state index in [-0.39, 0.29) is 0 Å². The number of Topliss-reactive ketones (excluding diaryl/α,β-unsaturated/α-hetero) is 1. The van der Waals surface area contributed by atoms with Crippen molar-refractivity contribution in [1.29, 1.82) is 0 Å². The lowest BCUT2D eigenvalue weighted by Crippen LogP contribution is -1.89. The van der Waals surface area contributed by atoms with Gasteiger partial charge in [-0.05, 0) is 31.8 Å². The maximum Gasteiger partial charge on any atom is 0.129 e. The highest BCUT2D eigenvalue weighted by Gasteiger charge is 1.95. The topological polar surface area (TPSA) is 17.1 Å². The number of unbranched alkanes of at least 4 members (excludes halogenated alkanes) is 3. The van der Waals surface area contributed by atoms with Crippen molar-refractivity contribution >= 4 is 5.78 Å². The lowest BCUT2D eigenvalue weighted by Gasteiger charge is -2.01. The molecule has 0 aromatic rings. The first-order valence-corrected chi connectivity index (χ1v) is 5.64. The molecule has 15 heavy (non-hydrogen) atoms. The number of ketones is 1. The Morgan fingerprint density at radius 2 is 1.67 bits per heavy atom. The van der Waals surface area contributed by atoms with E-state index in [9.17, 15) is 4.79 Å². The molecule has 0 saturated carbocycles. The average molecular weight is 206 g/mol. The van der Waals surface area contributed by atoms with Gasteiger partial charge in [0.05, 0.1) is 0 Å². The molecule has 1 nitrogen and oxygen atoms in total. The van der Waals surface area contributed by atoms with Crippen molar-refractivity contribution in [3.8, 4) is 0 Å². The van der Waals surface area contributed by atoms with E-state index in [4.69, 9.17) is 0 Å². The fourth-order valence-electron chi connectivity index (χ4n) is 1.46. The molecule has 0 heterocycles. The van der Waals surface area contributed by atoms with Gasteiger partial charge in [-0.25, -0.2) is 0 Å². The van der Waals surface area contributed by atoms with Gasteiger partial charge in [0.2, 0.25) is 0 Å². The molecule has 0 radical (unpaired) electrons. The maximum atomic E-state index is 10.7. The van der Waals surface area contributed by atoms with E-state index in [0.29, 0.717) is 5.78 Å². The molecule has 1 heteroatoms.